The maximum Gasteiger partial charge on any atom is 0.251 e. The van der Waals surface area contributed by atoms with Gasteiger partial charge in [-0.3, -0.25) is 9.59 Å². The zero-order chi connectivity index (χ0) is 22.2. The van der Waals surface area contributed by atoms with E-state index in [-0.39, 0.29) is 12.1 Å². The van der Waals surface area contributed by atoms with Crippen molar-refractivity contribution in [2.45, 2.75) is 26.7 Å². The number of rotatable bonds is 6. The van der Waals surface area contributed by atoms with Crippen LogP contribution in [0.25, 0.3) is 11.0 Å². The van der Waals surface area contributed by atoms with Crippen LogP contribution >= 0.6 is 0 Å². The van der Waals surface area contributed by atoms with Gasteiger partial charge in [-0.05, 0) is 37.5 Å². The van der Waals surface area contributed by atoms with E-state index in [0.29, 0.717) is 24.0 Å². The van der Waals surface area contributed by atoms with Gasteiger partial charge < -0.3 is 15.8 Å². The quantitative estimate of drug-likeness (QED) is 0.640. The molecule has 3 rings (SSSR count). The number of anilines is 1. The predicted molar refractivity (Wildman–Crippen MR) is 106 cm³/mol. The Hall–Kier alpha value is -3.56. The highest BCUT2D eigenvalue weighted by molar-refractivity contribution is 5.96. The lowest BCUT2D eigenvalue weighted by Crippen LogP contribution is -2.17. The molecule has 2 aromatic heterocycles. The number of aromatic nitrogens is 3. The number of benzene rings is 1. The van der Waals surface area contributed by atoms with Crippen molar-refractivity contribution in [2.75, 3.05) is 12.4 Å². The summed E-state index contributed by atoms with van der Waals surface area (Å²) >= 11 is 0. The van der Waals surface area contributed by atoms with E-state index in [2.05, 4.69) is 15.4 Å². The molecular weight excluding hydrogens is 396 g/mol. The molecule has 158 valence electrons. The van der Waals surface area contributed by atoms with Gasteiger partial charge >= 0.3 is 0 Å². The topological polar surface area (TPSA) is 112 Å². The van der Waals surface area contributed by atoms with Gasteiger partial charge in [0.05, 0.1) is 23.7 Å². The number of methoxy groups -OCH3 is 1. The number of carbonyl (C=O) groups is 2. The number of nitrogens with zero attached hydrogens (tertiary/aromatic N) is 3. The summed E-state index contributed by atoms with van der Waals surface area (Å²) in [7, 11) is 3.28. The normalized spacial score (nSPS) is 11.0. The van der Waals surface area contributed by atoms with Crippen molar-refractivity contribution >= 4 is 28.5 Å². The summed E-state index contributed by atoms with van der Waals surface area (Å²) in [5, 5.41) is 7.40. The van der Waals surface area contributed by atoms with Crippen molar-refractivity contribution in [3.05, 3.63) is 46.2 Å². The third-order valence-corrected chi connectivity index (χ3v) is 4.91. The van der Waals surface area contributed by atoms with E-state index in [9.17, 15) is 18.4 Å². The molecule has 30 heavy (non-hydrogen) atoms. The Morgan fingerprint density at radius 3 is 2.57 bits per heavy atom. The first kappa shape index (κ1) is 21.2. The maximum absolute atomic E-state index is 14.0. The molecule has 0 radical (unpaired) electrons. The molecule has 0 saturated carbocycles. The van der Waals surface area contributed by atoms with Gasteiger partial charge in [0.15, 0.2) is 5.65 Å². The number of hydrogen-bond acceptors (Lipinski definition) is 5. The molecule has 0 unspecified atom stereocenters. The molecule has 10 heteroatoms. The molecule has 3 N–H and O–H groups in total. The van der Waals surface area contributed by atoms with Crippen LogP contribution in [-0.2, 0) is 18.3 Å². The van der Waals surface area contributed by atoms with Crippen molar-refractivity contribution in [3.63, 3.8) is 0 Å². The van der Waals surface area contributed by atoms with Crippen LogP contribution < -0.4 is 15.8 Å². The Kier molecular flexibility index (Phi) is 5.68. The van der Waals surface area contributed by atoms with Gasteiger partial charge in [-0.2, -0.15) is 0 Å². The zero-order valence-electron chi connectivity index (χ0n) is 17.0. The number of halogens is 2. The van der Waals surface area contributed by atoms with Crippen molar-refractivity contribution < 1.29 is 23.1 Å². The summed E-state index contributed by atoms with van der Waals surface area (Å²) in [6.45, 7) is 3.73. The fraction of sp³-hybridized carbons (Fsp3) is 0.300. The van der Waals surface area contributed by atoms with Crippen molar-refractivity contribution in [1.82, 2.24) is 14.8 Å². The van der Waals surface area contributed by atoms with Crippen LogP contribution in [0, 0.1) is 25.5 Å². The van der Waals surface area contributed by atoms with Crippen LogP contribution in [0.4, 0.5) is 14.5 Å². The number of fused-ring (bicyclic) bond motifs is 1. The number of hydrogen-bond donors (Lipinski definition) is 2. The van der Waals surface area contributed by atoms with Crippen LogP contribution in [0.1, 0.15) is 33.6 Å². The largest absolute Gasteiger partial charge is 0.479 e. The summed E-state index contributed by atoms with van der Waals surface area (Å²) in [5.74, 6) is -3.21. The van der Waals surface area contributed by atoms with Gasteiger partial charge in [-0.25, -0.2) is 18.4 Å². The molecule has 2 heterocycles. The van der Waals surface area contributed by atoms with Gasteiger partial charge in [-0.1, -0.05) is 0 Å². The van der Waals surface area contributed by atoms with Gasteiger partial charge in [0.1, 0.15) is 11.6 Å². The number of nitrogens with two attached hydrogens (primary N) is 1. The highest BCUT2D eigenvalue weighted by Gasteiger charge is 2.19. The Morgan fingerprint density at radius 2 is 1.93 bits per heavy atom. The average Bonchev–Trinajstić information content (AvgIpc) is 2.99. The molecule has 8 nitrogen and oxygen atoms in total. The second-order valence-corrected chi connectivity index (χ2v) is 6.86. The lowest BCUT2D eigenvalue weighted by Gasteiger charge is -2.12. The number of carbonyl (C=O) groups excluding carboxylic acids is 2. The Bertz CT molecular complexity index is 1170. The van der Waals surface area contributed by atoms with Crippen LogP contribution in [0.5, 0.6) is 5.88 Å². The summed E-state index contributed by atoms with van der Waals surface area (Å²) in [6.07, 6.45) is 0.343. The van der Waals surface area contributed by atoms with Crippen molar-refractivity contribution in [2.24, 2.45) is 12.8 Å². The second-order valence-electron chi connectivity index (χ2n) is 6.86. The number of amides is 2. The minimum absolute atomic E-state index is 0.0141. The van der Waals surface area contributed by atoms with Crippen LogP contribution in [0.15, 0.2) is 12.1 Å². The first-order valence-corrected chi connectivity index (χ1v) is 9.09. The predicted octanol–water partition coefficient (Wildman–Crippen LogP) is 2.54. The minimum Gasteiger partial charge on any atom is -0.479 e. The molecule has 0 aliphatic rings. The standard InChI is InChI=1S/C20H21F2N5O3/c1-9-11(10(2)24-19-17(9)20(30-4)26-27(19)3)5-6-16(28)25-15-7-12(18(23)29)13(21)8-14(15)22/h7-8H,5-6H2,1-4H3,(H2,23,29)(H,25,28). The summed E-state index contributed by atoms with van der Waals surface area (Å²) in [4.78, 5) is 28.2. The van der Waals surface area contributed by atoms with E-state index >= 15 is 0 Å². The average molecular weight is 417 g/mol. The Labute approximate surface area is 171 Å². The highest BCUT2D eigenvalue weighted by atomic mass is 19.1. The molecule has 0 atom stereocenters. The number of ether oxygens (including phenoxy) is 1. The fourth-order valence-corrected chi connectivity index (χ4v) is 3.39. The zero-order valence-corrected chi connectivity index (χ0v) is 17.0. The lowest BCUT2D eigenvalue weighted by molar-refractivity contribution is -0.116. The van der Waals surface area contributed by atoms with E-state index in [1.54, 1.807) is 11.7 Å². The Morgan fingerprint density at radius 1 is 1.23 bits per heavy atom. The van der Waals surface area contributed by atoms with Crippen molar-refractivity contribution in [3.8, 4) is 5.88 Å². The van der Waals surface area contributed by atoms with Gasteiger partial charge in [-0.15, -0.1) is 5.10 Å². The number of primary amides is 1. The van der Waals surface area contributed by atoms with Gasteiger partial charge in [0.25, 0.3) is 5.91 Å². The molecule has 1 aromatic carbocycles. The SMILES string of the molecule is COc1nn(C)c2nc(C)c(CCC(=O)Nc3cc(C(N)=O)c(F)cc3F)c(C)c12. The van der Waals surface area contributed by atoms with Crippen LogP contribution in [0.2, 0.25) is 0 Å². The second kappa shape index (κ2) is 8.05. The summed E-state index contributed by atoms with van der Waals surface area (Å²) in [6, 6.07) is 1.39. The molecule has 0 aliphatic heterocycles. The number of pyridine rings is 1. The lowest BCUT2D eigenvalue weighted by atomic mass is 10.00. The molecule has 2 amide bonds. The van der Waals surface area contributed by atoms with E-state index < -0.39 is 29.0 Å². The number of nitrogens with one attached hydrogen (secondary N) is 1. The number of aryl methyl sites for hydroxylation is 3. The molecule has 0 saturated heterocycles. The fourth-order valence-electron chi connectivity index (χ4n) is 3.39. The van der Waals surface area contributed by atoms with Gasteiger partial charge in [0.2, 0.25) is 11.8 Å². The molecule has 0 aliphatic carbocycles. The maximum atomic E-state index is 14.0. The highest BCUT2D eigenvalue weighted by Crippen LogP contribution is 2.30. The molecule has 0 bridgehead atoms. The summed E-state index contributed by atoms with van der Waals surface area (Å²) in [5.41, 5.74) is 7.39. The van der Waals surface area contributed by atoms with E-state index in [0.717, 1.165) is 28.3 Å². The summed E-state index contributed by atoms with van der Waals surface area (Å²) < 4.78 is 34.5. The van der Waals surface area contributed by atoms with Crippen molar-refractivity contribution in [1.29, 1.82) is 0 Å². The first-order valence-electron chi connectivity index (χ1n) is 9.09. The van der Waals surface area contributed by atoms with E-state index in [1.807, 2.05) is 13.8 Å². The van der Waals surface area contributed by atoms with Gasteiger partial charge in [0, 0.05) is 25.2 Å². The molecule has 3 aromatic rings. The third-order valence-electron chi connectivity index (χ3n) is 4.91. The first-order chi connectivity index (χ1) is 14.1. The molecule has 0 spiro atoms. The monoisotopic (exact) mass is 417 g/mol. The molecule has 0 fully saturated rings. The Balaban J connectivity index is 1.82. The van der Waals surface area contributed by atoms with E-state index in [1.165, 1.54) is 7.11 Å². The third kappa shape index (κ3) is 3.80. The van der Waals surface area contributed by atoms with Crippen LogP contribution in [-0.4, -0.2) is 33.7 Å². The molecular formula is C20H21F2N5O3. The van der Waals surface area contributed by atoms with E-state index in [4.69, 9.17) is 10.5 Å². The minimum atomic E-state index is -1.09. The van der Waals surface area contributed by atoms with Crippen LogP contribution in [0.3, 0.4) is 0 Å². The smallest absolute Gasteiger partial charge is 0.251 e.